The highest BCUT2D eigenvalue weighted by Gasteiger charge is 2.31. The van der Waals surface area contributed by atoms with E-state index in [0.29, 0.717) is 47.8 Å². The van der Waals surface area contributed by atoms with Crippen LogP contribution in [-0.4, -0.2) is 34.6 Å². The Morgan fingerprint density at radius 3 is 2.41 bits per heavy atom. The van der Waals surface area contributed by atoms with Crippen molar-refractivity contribution >= 4 is 17.1 Å². The number of hydrogen-bond donors (Lipinski definition) is 0. The summed E-state index contributed by atoms with van der Waals surface area (Å²) in [5, 5.41) is 0. The Balaban J connectivity index is 1.18. The summed E-state index contributed by atoms with van der Waals surface area (Å²) >= 11 is 0. The average molecular weight is 544 g/mol. The summed E-state index contributed by atoms with van der Waals surface area (Å²) < 4.78 is 71.2. The van der Waals surface area contributed by atoms with Crippen LogP contribution in [0.2, 0.25) is 0 Å². The molecule has 0 atom stereocenters. The lowest BCUT2D eigenvalue weighted by molar-refractivity contribution is -0.274. The minimum atomic E-state index is -4.72. The minimum absolute atomic E-state index is 0.156. The van der Waals surface area contributed by atoms with Gasteiger partial charge in [0.25, 0.3) is 0 Å². The van der Waals surface area contributed by atoms with Crippen molar-refractivity contribution in [2.24, 2.45) is 0 Å². The zero-order valence-corrected chi connectivity index (χ0v) is 21.1. The van der Waals surface area contributed by atoms with Gasteiger partial charge in [-0.25, -0.2) is 13.8 Å². The number of imidazole rings is 1. The van der Waals surface area contributed by atoms with Gasteiger partial charge >= 0.3 is 6.36 Å². The number of benzene rings is 2. The Bertz CT molecular complexity index is 1490. The number of alkyl halides is 3. The SMILES string of the molecule is Cc1nc2cc(F)ccn2c1C(=O)CCc1ccc(N2CCC(c3ccc(OC(F)(F)F)cc3)CC2)c(F)c1. The highest BCUT2D eigenvalue weighted by molar-refractivity contribution is 5.96. The maximum absolute atomic E-state index is 15.1. The average Bonchev–Trinajstić information content (AvgIpc) is 3.22. The molecule has 2 aromatic heterocycles. The van der Waals surface area contributed by atoms with Crippen LogP contribution in [0.4, 0.5) is 27.6 Å². The summed E-state index contributed by atoms with van der Waals surface area (Å²) in [6.07, 6.45) is -1.27. The number of aryl methyl sites for hydroxylation is 2. The second kappa shape index (κ2) is 10.7. The molecule has 1 fully saturated rings. The number of nitrogens with zero attached hydrogens (tertiary/aromatic N) is 3. The number of ether oxygens (including phenoxy) is 1. The molecule has 1 aliphatic rings. The van der Waals surface area contributed by atoms with E-state index in [1.165, 1.54) is 36.5 Å². The first-order chi connectivity index (χ1) is 18.6. The van der Waals surface area contributed by atoms with Crippen molar-refractivity contribution in [2.45, 2.75) is 44.9 Å². The van der Waals surface area contributed by atoms with Crippen molar-refractivity contribution in [1.82, 2.24) is 9.38 Å². The summed E-state index contributed by atoms with van der Waals surface area (Å²) in [5.74, 6) is -1.05. The monoisotopic (exact) mass is 543 g/mol. The molecule has 0 N–H and O–H groups in total. The third kappa shape index (κ3) is 6.05. The predicted octanol–water partition coefficient (Wildman–Crippen LogP) is 7.02. The van der Waals surface area contributed by atoms with Crippen LogP contribution in [0.5, 0.6) is 5.75 Å². The Hall–Kier alpha value is -3.95. The maximum Gasteiger partial charge on any atom is 0.573 e. The van der Waals surface area contributed by atoms with Crippen LogP contribution in [-0.2, 0) is 6.42 Å². The molecule has 0 radical (unpaired) electrons. The lowest BCUT2D eigenvalue weighted by Crippen LogP contribution is -2.33. The molecular weight excluding hydrogens is 517 g/mol. The fraction of sp³-hybridized carbons (Fsp3) is 0.310. The fourth-order valence-corrected chi connectivity index (χ4v) is 5.21. The molecule has 1 aliphatic heterocycles. The van der Waals surface area contributed by atoms with Gasteiger partial charge in [-0.3, -0.25) is 9.20 Å². The van der Waals surface area contributed by atoms with E-state index in [1.807, 2.05) is 11.0 Å². The molecule has 39 heavy (non-hydrogen) atoms. The fourth-order valence-electron chi connectivity index (χ4n) is 5.21. The van der Waals surface area contributed by atoms with Crippen LogP contribution >= 0.6 is 0 Å². The van der Waals surface area contributed by atoms with Crippen LogP contribution in [0.15, 0.2) is 60.8 Å². The number of rotatable bonds is 7. The first-order valence-electron chi connectivity index (χ1n) is 12.6. The molecule has 0 saturated carbocycles. The number of piperidine rings is 1. The zero-order valence-electron chi connectivity index (χ0n) is 21.1. The highest BCUT2D eigenvalue weighted by Crippen LogP contribution is 2.33. The Morgan fingerprint density at radius 1 is 1.03 bits per heavy atom. The molecule has 5 rings (SSSR count). The molecule has 2 aromatic carbocycles. The number of fused-ring (bicyclic) bond motifs is 1. The third-order valence-corrected chi connectivity index (χ3v) is 7.10. The summed E-state index contributed by atoms with van der Waals surface area (Å²) in [6, 6.07) is 13.4. The van der Waals surface area contributed by atoms with E-state index in [0.717, 1.165) is 18.4 Å². The first kappa shape index (κ1) is 26.6. The van der Waals surface area contributed by atoms with E-state index < -0.39 is 12.2 Å². The summed E-state index contributed by atoms with van der Waals surface area (Å²) in [5.41, 5.74) is 3.38. The molecule has 0 spiro atoms. The van der Waals surface area contributed by atoms with Crippen molar-refractivity contribution in [3.8, 4) is 5.75 Å². The second-order valence-electron chi connectivity index (χ2n) is 9.71. The first-order valence-corrected chi connectivity index (χ1v) is 12.6. The van der Waals surface area contributed by atoms with Crippen LogP contribution < -0.4 is 9.64 Å². The molecular formula is C29H26F5N3O2. The number of halogens is 5. The van der Waals surface area contributed by atoms with Crippen LogP contribution in [0.1, 0.15) is 52.5 Å². The van der Waals surface area contributed by atoms with E-state index >= 15 is 4.39 Å². The highest BCUT2D eigenvalue weighted by atomic mass is 19.4. The van der Waals surface area contributed by atoms with Crippen molar-refractivity contribution in [2.75, 3.05) is 18.0 Å². The Labute approximate surface area is 221 Å². The molecule has 3 heterocycles. The van der Waals surface area contributed by atoms with Crippen LogP contribution in [0.25, 0.3) is 5.65 Å². The number of ketones is 1. The summed E-state index contributed by atoms with van der Waals surface area (Å²) in [4.78, 5) is 19.1. The Kier molecular flexibility index (Phi) is 7.29. The van der Waals surface area contributed by atoms with Gasteiger partial charge in [-0.1, -0.05) is 18.2 Å². The predicted molar refractivity (Wildman–Crippen MR) is 136 cm³/mol. The molecule has 204 valence electrons. The van der Waals surface area contributed by atoms with Gasteiger partial charge < -0.3 is 9.64 Å². The molecule has 0 bridgehead atoms. The standard InChI is InChI=1S/C29H26F5N3O2/c1-18-28(37-15-12-22(30)17-27(37)35-18)26(38)9-3-19-2-8-25(24(31)16-19)36-13-10-21(11-14-36)20-4-6-23(7-5-20)39-29(32,33)34/h2,4-8,12,15-17,21H,3,9-11,13-14H2,1H3. The lowest BCUT2D eigenvalue weighted by atomic mass is 9.89. The van der Waals surface area contributed by atoms with E-state index in [2.05, 4.69) is 9.72 Å². The maximum atomic E-state index is 15.1. The van der Waals surface area contributed by atoms with E-state index in [-0.39, 0.29) is 29.7 Å². The van der Waals surface area contributed by atoms with Gasteiger partial charge in [0, 0.05) is 31.8 Å². The molecule has 0 aliphatic carbocycles. The number of anilines is 1. The molecule has 10 heteroatoms. The second-order valence-corrected chi connectivity index (χ2v) is 9.71. The topological polar surface area (TPSA) is 46.8 Å². The van der Waals surface area contributed by atoms with Gasteiger partial charge in [-0.15, -0.1) is 13.2 Å². The largest absolute Gasteiger partial charge is 0.573 e. The quantitative estimate of drug-likeness (QED) is 0.186. The van der Waals surface area contributed by atoms with Crippen molar-refractivity contribution in [3.05, 3.63) is 94.9 Å². The van der Waals surface area contributed by atoms with E-state index in [9.17, 15) is 22.4 Å². The number of aromatic nitrogens is 2. The zero-order chi connectivity index (χ0) is 27.7. The van der Waals surface area contributed by atoms with E-state index in [4.69, 9.17) is 0 Å². The molecule has 4 aromatic rings. The van der Waals surface area contributed by atoms with Gasteiger partial charge in [0.1, 0.15) is 28.7 Å². The van der Waals surface area contributed by atoms with Crippen molar-refractivity contribution < 1.29 is 31.5 Å². The Morgan fingerprint density at radius 2 is 1.74 bits per heavy atom. The van der Waals surface area contributed by atoms with Crippen molar-refractivity contribution in [1.29, 1.82) is 0 Å². The van der Waals surface area contributed by atoms with Gasteiger partial charge in [0.15, 0.2) is 5.78 Å². The number of Topliss-reactive ketones (excluding diaryl/α,β-unsaturated/α-hetero) is 1. The van der Waals surface area contributed by atoms with Crippen LogP contribution in [0, 0.1) is 18.6 Å². The number of pyridine rings is 1. The van der Waals surface area contributed by atoms with Gasteiger partial charge in [-0.2, -0.15) is 0 Å². The summed E-state index contributed by atoms with van der Waals surface area (Å²) in [7, 11) is 0. The van der Waals surface area contributed by atoms with Gasteiger partial charge in [0.05, 0.1) is 11.4 Å². The minimum Gasteiger partial charge on any atom is -0.406 e. The smallest absolute Gasteiger partial charge is 0.406 e. The molecule has 1 saturated heterocycles. The van der Waals surface area contributed by atoms with Gasteiger partial charge in [0.2, 0.25) is 0 Å². The number of carbonyl (C=O) groups is 1. The van der Waals surface area contributed by atoms with Crippen LogP contribution in [0.3, 0.4) is 0 Å². The molecule has 0 amide bonds. The van der Waals surface area contributed by atoms with Crippen molar-refractivity contribution in [3.63, 3.8) is 0 Å². The van der Waals surface area contributed by atoms with E-state index in [1.54, 1.807) is 29.5 Å². The van der Waals surface area contributed by atoms with Gasteiger partial charge in [-0.05, 0) is 73.6 Å². The molecule has 0 unspecified atom stereocenters. The number of hydrogen-bond acceptors (Lipinski definition) is 4. The lowest BCUT2D eigenvalue weighted by Gasteiger charge is -2.34. The molecule has 5 nitrogen and oxygen atoms in total. The third-order valence-electron chi connectivity index (χ3n) is 7.10. The normalized spacial score (nSPS) is 14.7. The number of carbonyl (C=O) groups excluding carboxylic acids is 1. The summed E-state index contributed by atoms with van der Waals surface area (Å²) in [6.45, 7) is 2.91.